The van der Waals surface area contributed by atoms with E-state index in [-0.39, 0.29) is 44.0 Å². The molecule has 2 aliphatic heterocycles. The molecule has 10 nitrogen and oxygen atoms in total. The van der Waals surface area contributed by atoms with Crippen molar-refractivity contribution in [2.75, 3.05) is 13.3 Å². The summed E-state index contributed by atoms with van der Waals surface area (Å²) in [5.74, 6) is -0.720. The Morgan fingerprint density at radius 2 is 1.82 bits per heavy atom. The smallest absolute Gasteiger partial charge is 0.305 e. The third-order valence-electron chi connectivity index (χ3n) is 7.11. The summed E-state index contributed by atoms with van der Waals surface area (Å²) in [4.78, 5) is 44.0. The monoisotopic (exact) mass is 532 g/mol. The van der Waals surface area contributed by atoms with Crippen LogP contribution in [0.4, 0.5) is 0 Å². The molecule has 2 N–H and O–H groups in total. The second-order valence-electron chi connectivity index (χ2n) is 10.9. The highest BCUT2D eigenvalue weighted by atomic mass is 16.7. The van der Waals surface area contributed by atoms with Gasteiger partial charge in [-0.3, -0.25) is 14.4 Å². The molecule has 1 unspecified atom stereocenters. The number of aliphatic carboxylic acids is 1. The number of amides is 2. The molecule has 0 bridgehead atoms. The van der Waals surface area contributed by atoms with Gasteiger partial charge in [0.2, 0.25) is 12.7 Å². The zero-order valence-electron chi connectivity index (χ0n) is 22.3. The summed E-state index contributed by atoms with van der Waals surface area (Å²) >= 11 is 0. The minimum atomic E-state index is -1.01. The number of carbonyl (C=O) groups excluding carboxylic acids is 2. The van der Waals surface area contributed by atoms with E-state index in [1.54, 1.807) is 24.5 Å². The highest BCUT2D eigenvalue weighted by molar-refractivity contribution is 5.98. The van der Waals surface area contributed by atoms with Gasteiger partial charge in [-0.2, -0.15) is 0 Å². The molecule has 2 aromatic carbocycles. The molecular weight excluding hydrogens is 500 g/mol. The maximum atomic E-state index is 13.8. The molecule has 2 amide bonds. The number of hydrogen-bond acceptors (Lipinski definition) is 6. The standard InChI is InChI=1S/C29H32N4O6/c1-29(2,3)20-7-4-18(5-8-20)14-32-16-31-21-13-22(27(36)30-11-10-26(34)35)33(15-23(21)32)28(37)19-6-9-24-25(12-19)39-17-38-24/h4-9,12,16,22H,10-11,13-15,17H2,1-3H3,(H,30,36)(H,34,35). The second-order valence-corrected chi connectivity index (χ2v) is 10.9. The number of carbonyl (C=O) groups is 3. The van der Waals surface area contributed by atoms with Crippen molar-refractivity contribution in [2.24, 2.45) is 0 Å². The minimum Gasteiger partial charge on any atom is -0.481 e. The Morgan fingerprint density at radius 3 is 2.54 bits per heavy atom. The lowest BCUT2D eigenvalue weighted by molar-refractivity contribution is -0.137. The van der Waals surface area contributed by atoms with Crippen LogP contribution in [-0.2, 0) is 34.5 Å². The minimum absolute atomic E-state index is 0.0252. The van der Waals surface area contributed by atoms with Gasteiger partial charge in [-0.05, 0) is 34.7 Å². The highest BCUT2D eigenvalue weighted by Gasteiger charge is 2.37. The third-order valence-corrected chi connectivity index (χ3v) is 7.11. The first-order chi connectivity index (χ1) is 18.6. The Morgan fingerprint density at radius 1 is 1.08 bits per heavy atom. The molecule has 1 aromatic heterocycles. The lowest BCUT2D eigenvalue weighted by atomic mass is 9.87. The summed E-state index contributed by atoms with van der Waals surface area (Å²) in [5, 5.41) is 11.6. The Balaban J connectivity index is 1.41. The number of carboxylic acids is 1. The number of nitrogens with zero attached hydrogens (tertiary/aromatic N) is 3. The molecule has 39 heavy (non-hydrogen) atoms. The molecule has 2 aliphatic rings. The average Bonchev–Trinajstić information content (AvgIpc) is 3.53. The zero-order valence-corrected chi connectivity index (χ0v) is 22.3. The van der Waals surface area contributed by atoms with E-state index in [2.05, 4.69) is 55.3 Å². The molecule has 0 spiro atoms. The van der Waals surface area contributed by atoms with Crippen molar-refractivity contribution >= 4 is 17.8 Å². The topological polar surface area (TPSA) is 123 Å². The first-order valence-electron chi connectivity index (χ1n) is 12.9. The van der Waals surface area contributed by atoms with E-state index in [0.717, 1.165) is 17.0 Å². The normalized spacial score (nSPS) is 16.1. The van der Waals surface area contributed by atoms with Gasteiger partial charge in [-0.1, -0.05) is 45.0 Å². The van der Waals surface area contributed by atoms with Crippen LogP contribution >= 0.6 is 0 Å². The molecule has 3 aromatic rings. The molecule has 0 radical (unpaired) electrons. The number of nitrogens with one attached hydrogen (secondary N) is 1. The quantitative estimate of drug-likeness (QED) is 0.479. The van der Waals surface area contributed by atoms with E-state index >= 15 is 0 Å². The largest absolute Gasteiger partial charge is 0.481 e. The van der Waals surface area contributed by atoms with Crippen LogP contribution in [-0.4, -0.2) is 56.7 Å². The van der Waals surface area contributed by atoms with E-state index in [1.807, 2.05) is 4.57 Å². The van der Waals surface area contributed by atoms with Gasteiger partial charge in [0, 0.05) is 25.1 Å². The van der Waals surface area contributed by atoms with Crippen molar-refractivity contribution in [2.45, 2.75) is 58.2 Å². The van der Waals surface area contributed by atoms with Crippen LogP contribution in [0.25, 0.3) is 0 Å². The number of imidazole rings is 1. The molecule has 5 rings (SSSR count). The number of benzene rings is 2. The van der Waals surface area contributed by atoms with Crippen molar-refractivity contribution in [1.29, 1.82) is 0 Å². The van der Waals surface area contributed by atoms with Gasteiger partial charge in [0.05, 0.1) is 30.7 Å². The number of ether oxygens (including phenoxy) is 2. The highest BCUT2D eigenvalue weighted by Crippen LogP contribution is 2.34. The van der Waals surface area contributed by atoms with Crippen LogP contribution in [0.15, 0.2) is 48.8 Å². The average molecular weight is 533 g/mol. The maximum absolute atomic E-state index is 13.8. The number of carboxylic acid groups (broad SMARTS) is 1. The molecule has 0 aliphatic carbocycles. The number of fused-ring (bicyclic) bond motifs is 2. The van der Waals surface area contributed by atoms with Gasteiger partial charge in [-0.15, -0.1) is 0 Å². The van der Waals surface area contributed by atoms with Crippen LogP contribution in [0.5, 0.6) is 11.5 Å². The molecule has 0 fully saturated rings. The molecule has 3 heterocycles. The number of rotatable bonds is 7. The summed E-state index contributed by atoms with van der Waals surface area (Å²) in [6.45, 7) is 7.35. The molecule has 1 atom stereocenters. The van der Waals surface area contributed by atoms with Crippen LogP contribution in [0.2, 0.25) is 0 Å². The van der Waals surface area contributed by atoms with E-state index in [9.17, 15) is 14.4 Å². The summed E-state index contributed by atoms with van der Waals surface area (Å²) in [6, 6.07) is 12.6. The van der Waals surface area contributed by atoms with Crippen molar-refractivity contribution in [3.63, 3.8) is 0 Å². The molecule has 0 saturated carbocycles. The van der Waals surface area contributed by atoms with Crippen molar-refractivity contribution in [3.8, 4) is 11.5 Å². The predicted molar refractivity (Wildman–Crippen MR) is 142 cm³/mol. The molecule has 10 heteroatoms. The van der Waals surface area contributed by atoms with Gasteiger partial charge in [0.25, 0.3) is 5.91 Å². The fourth-order valence-electron chi connectivity index (χ4n) is 4.86. The van der Waals surface area contributed by atoms with Gasteiger partial charge in [0.1, 0.15) is 6.04 Å². The Labute approximate surface area is 226 Å². The van der Waals surface area contributed by atoms with E-state index in [1.165, 1.54) is 10.5 Å². The van der Waals surface area contributed by atoms with Crippen molar-refractivity contribution < 1.29 is 29.0 Å². The van der Waals surface area contributed by atoms with Gasteiger partial charge < -0.3 is 29.4 Å². The SMILES string of the molecule is CC(C)(C)c1ccc(Cn2cnc3c2CN(C(=O)c2ccc4c(c2)OCO4)C(C(=O)NCCC(=O)O)C3)cc1. The lowest BCUT2D eigenvalue weighted by Crippen LogP contribution is -2.53. The number of hydrogen-bond donors (Lipinski definition) is 2. The van der Waals surface area contributed by atoms with E-state index in [0.29, 0.717) is 23.6 Å². The fraction of sp³-hybridized carbons (Fsp3) is 0.379. The van der Waals surface area contributed by atoms with Crippen LogP contribution < -0.4 is 14.8 Å². The summed E-state index contributed by atoms with van der Waals surface area (Å²) < 4.78 is 12.8. The Hall–Kier alpha value is -4.34. The molecule has 204 valence electrons. The molecule has 0 saturated heterocycles. The Kier molecular flexibility index (Phi) is 7.03. The van der Waals surface area contributed by atoms with E-state index in [4.69, 9.17) is 14.6 Å². The van der Waals surface area contributed by atoms with Crippen LogP contribution in [0.3, 0.4) is 0 Å². The summed E-state index contributed by atoms with van der Waals surface area (Å²) in [7, 11) is 0. The van der Waals surface area contributed by atoms with Crippen LogP contribution in [0, 0.1) is 0 Å². The first kappa shape index (κ1) is 26.3. The van der Waals surface area contributed by atoms with E-state index < -0.39 is 17.9 Å². The van der Waals surface area contributed by atoms with Crippen molar-refractivity contribution in [1.82, 2.24) is 19.8 Å². The van der Waals surface area contributed by atoms with Gasteiger partial charge in [0.15, 0.2) is 11.5 Å². The Bertz CT molecular complexity index is 1410. The zero-order chi connectivity index (χ0) is 27.7. The van der Waals surface area contributed by atoms with Crippen LogP contribution in [0.1, 0.15) is 60.1 Å². The summed E-state index contributed by atoms with van der Waals surface area (Å²) in [5.41, 5.74) is 4.38. The molecular formula is C29H32N4O6. The predicted octanol–water partition coefficient (Wildman–Crippen LogP) is 3.12. The summed E-state index contributed by atoms with van der Waals surface area (Å²) in [6.07, 6.45) is 1.76. The maximum Gasteiger partial charge on any atom is 0.305 e. The first-order valence-corrected chi connectivity index (χ1v) is 12.9. The van der Waals surface area contributed by atoms with Gasteiger partial charge in [-0.25, -0.2) is 4.98 Å². The van der Waals surface area contributed by atoms with Crippen molar-refractivity contribution in [3.05, 3.63) is 76.9 Å². The fourth-order valence-corrected chi connectivity index (χ4v) is 4.86. The second kappa shape index (κ2) is 10.4. The third kappa shape index (κ3) is 5.59. The lowest BCUT2D eigenvalue weighted by Gasteiger charge is -2.35. The van der Waals surface area contributed by atoms with Gasteiger partial charge >= 0.3 is 5.97 Å². The number of aromatic nitrogens is 2.